The number of hydrogen-bond donors (Lipinski definition) is 8. The molecule has 9 unspecified atom stereocenters. The highest BCUT2D eigenvalue weighted by Crippen LogP contribution is 2.23. The molecule has 1 fully saturated rings. The van der Waals surface area contributed by atoms with Gasteiger partial charge in [-0.1, -0.05) is 107 Å². The van der Waals surface area contributed by atoms with E-state index in [-0.39, 0.29) is 12.8 Å². The van der Waals surface area contributed by atoms with Gasteiger partial charge in [-0.05, 0) is 57.8 Å². The lowest BCUT2D eigenvalue weighted by Gasteiger charge is -2.40. The van der Waals surface area contributed by atoms with Gasteiger partial charge in [0, 0.05) is 6.42 Å². The second-order valence-corrected chi connectivity index (χ2v) is 13.3. The van der Waals surface area contributed by atoms with Crippen molar-refractivity contribution in [3.05, 3.63) is 48.6 Å². The van der Waals surface area contributed by atoms with Crippen molar-refractivity contribution in [3.8, 4) is 0 Å². The third-order valence-corrected chi connectivity index (χ3v) is 8.84. The first-order chi connectivity index (χ1) is 24.2. The number of carbonyl (C=O) groups excluding carboxylic acids is 1. The maximum absolute atomic E-state index is 12.9. The highest BCUT2D eigenvalue weighted by atomic mass is 16.7. The van der Waals surface area contributed by atoms with Crippen molar-refractivity contribution in [2.45, 2.75) is 178 Å². The molecule has 11 heteroatoms. The van der Waals surface area contributed by atoms with Gasteiger partial charge >= 0.3 is 0 Å². The predicted molar refractivity (Wildman–Crippen MR) is 196 cm³/mol. The quantitative estimate of drug-likeness (QED) is 0.0411. The fourth-order valence-corrected chi connectivity index (χ4v) is 5.54. The van der Waals surface area contributed by atoms with E-state index >= 15 is 0 Å². The lowest BCUT2D eigenvalue weighted by atomic mass is 9.99. The van der Waals surface area contributed by atoms with E-state index < -0.39 is 74.2 Å². The van der Waals surface area contributed by atoms with Gasteiger partial charge in [0.25, 0.3) is 0 Å². The number of ether oxygens (including phenoxy) is 2. The van der Waals surface area contributed by atoms with Crippen LogP contribution in [-0.2, 0) is 14.3 Å². The van der Waals surface area contributed by atoms with E-state index in [1.54, 1.807) is 6.08 Å². The van der Waals surface area contributed by atoms with E-state index in [9.17, 15) is 40.5 Å². The van der Waals surface area contributed by atoms with Crippen LogP contribution in [0, 0.1) is 0 Å². The Kier molecular flexibility index (Phi) is 27.3. The van der Waals surface area contributed by atoms with Crippen molar-refractivity contribution in [3.63, 3.8) is 0 Å². The zero-order chi connectivity index (χ0) is 37.0. The highest BCUT2D eigenvalue weighted by Gasteiger charge is 2.44. The van der Waals surface area contributed by atoms with Crippen molar-refractivity contribution >= 4 is 5.91 Å². The number of amides is 1. The van der Waals surface area contributed by atoms with Crippen molar-refractivity contribution in [2.75, 3.05) is 13.2 Å². The molecule has 1 aliphatic heterocycles. The summed E-state index contributed by atoms with van der Waals surface area (Å²) in [4.78, 5) is 12.9. The maximum Gasteiger partial charge on any atom is 0.249 e. The summed E-state index contributed by atoms with van der Waals surface area (Å²) in [6, 6.07) is -1.22. The molecule has 9 atom stereocenters. The monoisotopic (exact) mass is 711 g/mol. The van der Waals surface area contributed by atoms with Gasteiger partial charge in [0.05, 0.1) is 25.4 Å². The number of carbonyl (C=O) groups is 1. The van der Waals surface area contributed by atoms with Gasteiger partial charge in [0.1, 0.15) is 36.6 Å². The molecule has 0 radical (unpaired) electrons. The molecule has 0 saturated carbocycles. The normalized spacial score (nSPS) is 24.1. The summed E-state index contributed by atoms with van der Waals surface area (Å²) in [5.74, 6) is -0.784. The summed E-state index contributed by atoms with van der Waals surface area (Å²) >= 11 is 0. The van der Waals surface area contributed by atoms with Gasteiger partial charge in [-0.3, -0.25) is 4.79 Å². The number of allylic oxidation sites excluding steroid dienone is 7. The Hall–Kier alpha value is -1.93. The molecule has 1 amide bonds. The van der Waals surface area contributed by atoms with Gasteiger partial charge in [-0.15, -0.1) is 0 Å². The SMILES string of the molecule is CCCC/C=C/CC/C=C/CCCC(O)C(O)C(COC1OC(CO)C(O)C(O)C1O)NC(=O)C(O)C/C=C\C/C=C\CCCCCCCC. The Morgan fingerprint density at radius 2 is 1.30 bits per heavy atom. The van der Waals surface area contributed by atoms with E-state index in [0.717, 1.165) is 25.7 Å². The molecule has 0 aromatic carbocycles. The fraction of sp³-hybridized carbons (Fsp3) is 0.769. The first-order valence-corrected chi connectivity index (χ1v) is 19.0. The van der Waals surface area contributed by atoms with E-state index in [1.165, 1.54) is 51.4 Å². The van der Waals surface area contributed by atoms with E-state index in [4.69, 9.17) is 9.47 Å². The van der Waals surface area contributed by atoms with Crippen LogP contribution >= 0.6 is 0 Å². The number of rotatable bonds is 29. The summed E-state index contributed by atoms with van der Waals surface area (Å²) in [5, 5.41) is 74.9. The summed E-state index contributed by atoms with van der Waals surface area (Å²) in [6.07, 6.45) is 20.6. The average Bonchev–Trinajstić information content (AvgIpc) is 3.11. The number of hydrogen-bond acceptors (Lipinski definition) is 10. The molecular weight excluding hydrogens is 642 g/mol. The Bertz CT molecular complexity index is 955. The lowest BCUT2D eigenvalue weighted by molar-refractivity contribution is -0.303. The smallest absolute Gasteiger partial charge is 0.249 e. The van der Waals surface area contributed by atoms with Crippen LogP contribution in [0.1, 0.15) is 123 Å². The van der Waals surface area contributed by atoms with Crippen LogP contribution in [0.25, 0.3) is 0 Å². The van der Waals surface area contributed by atoms with Crippen LogP contribution in [0.4, 0.5) is 0 Å². The molecule has 0 bridgehead atoms. The largest absolute Gasteiger partial charge is 0.394 e. The van der Waals surface area contributed by atoms with Crippen LogP contribution in [0.3, 0.4) is 0 Å². The van der Waals surface area contributed by atoms with Crippen LogP contribution in [0.15, 0.2) is 48.6 Å². The summed E-state index contributed by atoms with van der Waals surface area (Å²) in [5.41, 5.74) is 0. The van der Waals surface area contributed by atoms with Crippen LogP contribution < -0.4 is 5.32 Å². The summed E-state index contributed by atoms with van der Waals surface area (Å²) < 4.78 is 11.0. The first-order valence-electron chi connectivity index (χ1n) is 19.0. The number of aliphatic hydroxyl groups excluding tert-OH is 7. The van der Waals surface area contributed by atoms with Crippen molar-refractivity contribution < 1.29 is 50.0 Å². The lowest BCUT2D eigenvalue weighted by Crippen LogP contribution is -2.60. The fourth-order valence-electron chi connectivity index (χ4n) is 5.54. The predicted octanol–water partition coefficient (Wildman–Crippen LogP) is 4.27. The van der Waals surface area contributed by atoms with Gasteiger partial charge in [0.2, 0.25) is 5.91 Å². The molecular formula is C39H69NO10. The van der Waals surface area contributed by atoms with Crippen molar-refractivity contribution in [1.29, 1.82) is 0 Å². The Morgan fingerprint density at radius 3 is 1.98 bits per heavy atom. The summed E-state index contributed by atoms with van der Waals surface area (Å²) in [6.45, 7) is 3.26. The first kappa shape index (κ1) is 46.1. The molecule has 290 valence electrons. The van der Waals surface area contributed by atoms with Crippen LogP contribution in [0.5, 0.6) is 0 Å². The zero-order valence-corrected chi connectivity index (χ0v) is 30.6. The van der Waals surface area contributed by atoms with Gasteiger partial charge in [0.15, 0.2) is 6.29 Å². The van der Waals surface area contributed by atoms with E-state index in [1.807, 2.05) is 12.2 Å². The van der Waals surface area contributed by atoms with Crippen molar-refractivity contribution in [2.24, 2.45) is 0 Å². The second kappa shape index (κ2) is 29.6. The van der Waals surface area contributed by atoms with Crippen molar-refractivity contribution in [1.82, 2.24) is 5.32 Å². The van der Waals surface area contributed by atoms with Gasteiger partial charge < -0.3 is 50.5 Å². The number of unbranched alkanes of at least 4 members (excludes halogenated alkanes) is 10. The zero-order valence-electron chi connectivity index (χ0n) is 30.6. The van der Waals surface area contributed by atoms with E-state index in [2.05, 4.69) is 49.5 Å². The minimum absolute atomic E-state index is 0.0386. The highest BCUT2D eigenvalue weighted by molar-refractivity contribution is 5.81. The molecule has 1 heterocycles. The van der Waals surface area contributed by atoms with Gasteiger partial charge in [-0.25, -0.2) is 0 Å². The second-order valence-electron chi connectivity index (χ2n) is 13.3. The Morgan fingerprint density at radius 1 is 0.720 bits per heavy atom. The minimum atomic E-state index is -1.68. The standard InChI is InChI=1S/C39H69NO10/c1-3-5-7-9-11-13-15-17-19-21-23-25-27-32(43)38(48)40-30(29-49-39-37(47)36(46)35(45)33(28-41)50-39)34(44)31(42)26-24-22-20-18-16-14-12-10-8-6-4-2/h10,12,17-20,23,25,30-37,39,41-47H,3-9,11,13-16,21-22,24,26-29H2,1-2H3,(H,40,48)/b12-10+,19-17-,20-18+,25-23-. The Labute approximate surface area is 300 Å². The average molecular weight is 712 g/mol. The molecule has 8 N–H and O–H groups in total. The third-order valence-electron chi connectivity index (χ3n) is 8.84. The van der Waals surface area contributed by atoms with E-state index in [0.29, 0.717) is 19.3 Å². The molecule has 0 aromatic rings. The molecule has 1 saturated heterocycles. The number of nitrogens with one attached hydrogen (secondary N) is 1. The van der Waals surface area contributed by atoms with Gasteiger partial charge in [-0.2, -0.15) is 0 Å². The molecule has 11 nitrogen and oxygen atoms in total. The molecule has 1 aliphatic rings. The molecule has 0 spiro atoms. The minimum Gasteiger partial charge on any atom is -0.394 e. The molecule has 1 rings (SSSR count). The molecule has 50 heavy (non-hydrogen) atoms. The molecule has 0 aliphatic carbocycles. The Balaban J connectivity index is 2.67. The number of aliphatic hydroxyl groups is 7. The third kappa shape index (κ3) is 20.2. The molecule has 0 aromatic heterocycles. The topological polar surface area (TPSA) is 189 Å². The maximum atomic E-state index is 12.9. The van der Waals surface area contributed by atoms with Crippen LogP contribution in [0.2, 0.25) is 0 Å². The van der Waals surface area contributed by atoms with Crippen LogP contribution in [-0.4, -0.2) is 110 Å². The summed E-state index contributed by atoms with van der Waals surface area (Å²) in [7, 11) is 0.